The first-order chi connectivity index (χ1) is 11.0. The van der Waals surface area contributed by atoms with E-state index in [2.05, 4.69) is 0 Å². The van der Waals surface area contributed by atoms with Gasteiger partial charge in [0.25, 0.3) is 0 Å². The maximum absolute atomic E-state index is 13.2. The Morgan fingerprint density at radius 3 is 1.80 bits per heavy atom. The summed E-state index contributed by atoms with van der Waals surface area (Å²) in [4.78, 5) is 11.6. The number of hydrogen-bond acceptors (Lipinski definition) is 2. The van der Waals surface area contributed by atoms with Crippen LogP contribution in [0.4, 0.5) is 30.7 Å². The van der Waals surface area contributed by atoms with E-state index in [4.69, 9.17) is 0 Å². The zero-order chi connectivity index (χ0) is 20.3. The molecule has 1 atom stereocenters. The van der Waals surface area contributed by atoms with Crippen LogP contribution < -0.4 is 0 Å². The topological polar surface area (TPSA) is 37.3 Å². The van der Waals surface area contributed by atoms with E-state index in [1.165, 1.54) is 0 Å². The molecule has 0 aromatic heterocycles. The summed E-state index contributed by atoms with van der Waals surface area (Å²) in [6.45, 7) is 6.82. The first-order valence-corrected chi connectivity index (χ1v) is 8.69. The van der Waals surface area contributed by atoms with Crippen molar-refractivity contribution >= 4 is 17.7 Å². The van der Waals surface area contributed by atoms with Crippen molar-refractivity contribution in [2.75, 3.05) is 5.75 Å². The van der Waals surface area contributed by atoms with Crippen LogP contribution in [0.25, 0.3) is 0 Å². The van der Waals surface area contributed by atoms with Crippen LogP contribution >= 0.6 is 11.8 Å². The summed E-state index contributed by atoms with van der Waals surface area (Å²) in [6, 6.07) is 0. The molecular weight excluding hydrogens is 377 g/mol. The Morgan fingerprint density at radius 1 is 1.00 bits per heavy atom. The maximum Gasteiger partial charge on any atom is 0.459 e. The molecule has 0 aliphatic rings. The summed E-state index contributed by atoms with van der Waals surface area (Å²) in [5.74, 6) is -13.2. The van der Waals surface area contributed by atoms with Crippen molar-refractivity contribution in [3.63, 3.8) is 0 Å². The summed E-state index contributed by atoms with van der Waals surface area (Å²) in [7, 11) is 0. The lowest BCUT2D eigenvalue weighted by molar-refractivity contribution is -0.355. The molecule has 1 N–H and O–H groups in total. The zero-order valence-electron chi connectivity index (χ0n) is 14.4. The zero-order valence-corrected chi connectivity index (χ0v) is 15.2. The Morgan fingerprint density at radius 2 is 1.48 bits per heavy atom. The molecule has 0 fully saturated rings. The van der Waals surface area contributed by atoms with E-state index in [1.54, 1.807) is 27.7 Å². The number of rotatable bonds is 10. The lowest BCUT2D eigenvalue weighted by atomic mass is 9.86. The third-order valence-electron chi connectivity index (χ3n) is 3.82. The molecule has 0 rings (SSSR count). The van der Waals surface area contributed by atoms with Gasteiger partial charge >= 0.3 is 24.0 Å². The molecule has 0 saturated heterocycles. The van der Waals surface area contributed by atoms with E-state index in [0.717, 1.165) is 11.8 Å². The summed E-state index contributed by atoms with van der Waals surface area (Å²) in [5.41, 5.74) is 0. The predicted molar refractivity (Wildman–Crippen MR) is 82.3 cm³/mol. The molecule has 0 heterocycles. The summed E-state index contributed by atoms with van der Waals surface area (Å²) >= 11 is 0.813. The van der Waals surface area contributed by atoms with Crippen LogP contribution in [0, 0.1) is 11.8 Å². The molecule has 0 radical (unpaired) electrons. The molecule has 0 amide bonds. The average molecular weight is 400 g/mol. The van der Waals surface area contributed by atoms with E-state index in [0.29, 0.717) is 0 Å². The molecule has 10 heteroatoms. The maximum atomic E-state index is 13.2. The van der Waals surface area contributed by atoms with Gasteiger partial charge in [0.1, 0.15) is 4.75 Å². The third kappa shape index (κ3) is 5.65. The van der Waals surface area contributed by atoms with E-state index in [-0.39, 0.29) is 24.0 Å². The second-order valence-electron chi connectivity index (χ2n) is 6.68. The fourth-order valence-electron chi connectivity index (χ4n) is 2.38. The van der Waals surface area contributed by atoms with Crippen molar-refractivity contribution in [3.8, 4) is 0 Å². The Hall–Kier alpha value is -0.670. The quantitative estimate of drug-likeness (QED) is 0.369. The number of carboxylic acids is 1. The largest absolute Gasteiger partial charge is 0.480 e. The summed E-state index contributed by atoms with van der Waals surface area (Å²) < 4.78 is 87.0. The number of carbonyl (C=O) groups is 1. The molecule has 0 saturated carbocycles. The van der Waals surface area contributed by atoms with Gasteiger partial charge in [-0.1, -0.05) is 27.7 Å². The third-order valence-corrected chi connectivity index (χ3v) is 5.64. The molecule has 0 aliphatic carbocycles. The van der Waals surface area contributed by atoms with Crippen LogP contribution in [0.3, 0.4) is 0 Å². The minimum Gasteiger partial charge on any atom is -0.480 e. The lowest BCUT2D eigenvalue weighted by Crippen LogP contribution is -2.51. The Labute approximate surface area is 146 Å². The van der Waals surface area contributed by atoms with E-state index in [9.17, 15) is 40.6 Å². The number of aliphatic carboxylic acids is 1. The van der Waals surface area contributed by atoms with Crippen molar-refractivity contribution in [3.05, 3.63) is 0 Å². The molecule has 0 aliphatic heterocycles. The first-order valence-electron chi connectivity index (χ1n) is 7.71. The highest BCUT2D eigenvalue weighted by Crippen LogP contribution is 2.49. The highest BCUT2D eigenvalue weighted by atomic mass is 32.2. The normalized spacial score (nSPS) is 16.4. The predicted octanol–water partition coefficient (Wildman–Crippen LogP) is 5.86. The SMILES string of the molecule is CC(C)CC(SCCCC(F)(F)C(F)(F)C(F)(F)F)(C(=O)O)C(C)C. The minimum atomic E-state index is -6.34. The monoisotopic (exact) mass is 400 g/mol. The van der Waals surface area contributed by atoms with Gasteiger partial charge in [0, 0.05) is 6.42 Å². The van der Waals surface area contributed by atoms with Gasteiger partial charge in [0.15, 0.2) is 0 Å². The number of hydrogen-bond donors (Lipinski definition) is 1. The van der Waals surface area contributed by atoms with Gasteiger partial charge in [0.2, 0.25) is 0 Å². The standard InChI is InChI=1S/C15H23F7O2S/c1-9(2)8-12(10(3)4,11(23)24)25-7-5-6-13(16,17)14(18,19)15(20,21)22/h9-10H,5-8H2,1-4H3,(H,23,24). The van der Waals surface area contributed by atoms with Crippen LogP contribution in [0.15, 0.2) is 0 Å². The lowest BCUT2D eigenvalue weighted by Gasteiger charge is -2.34. The summed E-state index contributed by atoms with van der Waals surface area (Å²) in [5, 5.41) is 9.50. The highest BCUT2D eigenvalue weighted by Gasteiger charge is 2.72. The first kappa shape index (κ1) is 24.3. The van der Waals surface area contributed by atoms with Crippen LogP contribution in [0.2, 0.25) is 0 Å². The molecule has 0 bridgehead atoms. The van der Waals surface area contributed by atoms with E-state index < -0.39 is 41.6 Å². The van der Waals surface area contributed by atoms with Gasteiger partial charge < -0.3 is 5.11 Å². The van der Waals surface area contributed by atoms with Crippen molar-refractivity contribution < 1.29 is 40.6 Å². The highest BCUT2D eigenvalue weighted by molar-refractivity contribution is 8.01. The van der Waals surface area contributed by atoms with Crippen molar-refractivity contribution in [2.45, 2.75) is 69.7 Å². The van der Waals surface area contributed by atoms with Crippen molar-refractivity contribution in [1.29, 1.82) is 0 Å². The van der Waals surface area contributed by atoms with Crippen LogP contribution in [-0.2, 0) is 4.79 Å². The fraction of sp³-hybridized carbons (Fsp3) is 0.933. The Balaban J connectivity index is 5.00. The number of carboxylic acid groups (broad SMARTS) is 1. The molecule has 1 unspecified atom stereocenters. The van der Waals surface area contributed by atoms with Crippen LogP contribution in [0.5, 0.6) is 0 Å². The van der Waals surface area contributed by atoms with Gasteiger partial charge in [-0.25, -0.2) is 0 Å². The van der Waals surface area contributed by atoms with Crippen molar-refractivity contribution in [2.24, 2.45) is 11.8 Å². The van der Waals surface area contributed by atoms with Crippen LogP contribution in [-0.4, -0.2) is 39.6 Å². The van der Waals surface area contributed by atoms with Gasteiger partial charge in [-0.15, -0.1) is 11.8 Å². The van der Waals surface area contributed by atoms with E-state index >= 15 is 0 Å². The Bertz CT molecular complexity index is 450. The molecule has 0 aromatic carbocycles. The number of alkyl halides is 7. The fourth-order valence-corrected chi connectivity index (χ4v) is 3.94. The smallest absolute Gasteiger partial charge is 0.459 e. The second kappa shape index (κ2) is 8.35. The molecule has 150 valence electrons. The number of halogens is 7. The number of thioether (sulfide) groups is 1. The van der Waals surface area contributed by atoms with Gasteiger partial charge in [-0.2, -0.15) is 30.7 Å². The summed E-state index contributed by atoms with van der Waals surface area (Å²) in [6.07, 6.45) is -8.46. The molecule has 0 spiro atoms. The molecule has 2 nitrogen and oxygen atoms in total. The van der Waals surface area contributed by atoms with Gasteiger partial charge in [-0.3, -0.25) is 4.79 Å². The van der Waals surface area contributed by atoms with Gasteiger partial charge in [0.05, 0.1) is 0 Å². The molecule has 0 aromatic rings. The van der Waals surface area contributed by atoms with E-state index in [1.807, 2.05) is 0 Å². The van der Waals surface area contributed by atoms with Crippen molar-refractivity contribution in [1.82, 2.24) is 0 Å². The van der Waals surface area contributed by atoms with Crippen LogP contribution in [0.1, 0.15) is 47.0 Å². The molecule has 25 heavy (non-hydrogen) atoms. The Kier molecular flexibility index (Phi) is 8.12. The second-order valence-corrected chi connectivity index (χ2v) is 8.10. The van der Waals surface area contributed by atoms with Gasteiger partial charge in [-0.05, 0) is 30.4 Å². The molecular formula is C15H23F7O2S. The average Bonchev–Trinajstić information content (AvgIpc) is 2.39. The minimum absolute atomic E-state index is 0.0259.